The zero-order chi connectivity index (χ0) is 13.0. The summed E-state index contributed by atoms with van der Waals surface area (Å²) in [5.41, 5.74) is 0.888. The van der Waals surface area contributed by atoms with Gasteiger partial charge in [0, 0.05) is 12.1 Å². The second kappa shape index (κ2) is 6.01. The lowest BCUT2D eigenvalue weighted by Crippen LogP contribution is -2.21. The highest BCUT2D eigenvalue weighted by molar-refractivity contribution is 6.32. The topological polar surface area (TPSA) is 30.5 Å². The lowest BCUT2D eigenvalue weighted by Gasteiger charge is -2.21. The van der Waals surface area contributed by atoms with Crippen LogP contribution in [0.25, 0.3) is 0 Å². The molecule has 1 aromatic carbocycles. The fourth-order valence-electron chi connectivity index (χ4n) is 1.38. The molecule has 0 heterocycles. The van der Waals surface area contributed by atoms with Gasteiger partial charge in [-0.15, -0.1) is 0 Å². The number of hydrogen-bond donors (Lipinski definition) is 1. The minimum Gasteiger partial charge on any atom is -0.495 e. The lowest BCUT2D eigenvalue weighted by molar-refractivity contribution is 0.395. The largest absolute Gasteiger partial charge is 0.495 e. The van der Waals surface area contributed by atoms with Crippen molar-refractivity contribution in [1.82, 2.24) is 0 Å². The minimum atomic E-state index is 0.341. The molecule has 0 fully saturated rings. The molecule has 3 nitrogen and oxygen atoms in total. The van der Waals surface area contributed by atoms with Gasteiger partial charge in [-0.3, -0.25) is 0 Å². The highest BCUT2D eigenvalue weighted by atomic mass is 35.5. The molecule has 0 amide bonds. The molecule has 1 unspecified atom stereocenters. The second-order valence-corrected chi connectivity index (χ2v) is 4.77. The van der Waals surface area contributed by atoms with E-state index in [1.807, 2.05) is 6.07 Å². The smallest absolute Gasteiger partial charge is 0.145 e. The van der Waals surface area contributed by atoms with Gasteiger partial charge in [-0.1, -0.05) is 25.4 Å². The molecule has 0 spiro atoms. The van der Waals surface area contributed by atoms with Gasteiger partial charge in [0.1, 0.15) is 11.5 Å². The van der Waals surface area contributed by atoms with Crippen LogP contribution in [0.2, 0.25) is 5.02 Å². The summed E-state index contributed by atoms with van der Waals surface area (Å²) < 4.78 is 10.5. The van der Waals surface area contributed by atoms with Gasteiger partial charge in [-0.05, 0) is 18.9 Å². The molecule has 0 bridgehead atoms. The molecule has 17 heavy (non-hydrogen) atoms. The second-order valence-electron chi connectivity index (χ2n) is 4.36. The van der Waals surface area contributed by atoms with Crippen molar-refractivity contribution in [3.63, 3.8) is 0 Å². The molecule has 0 aliphatic carbocycles. The van der Waals surface area contributed by atoms with Gasteiger partial charge in [-0.25, -0.2) is 0 Å². The fourth-order valence-corrected chi connectivity index (χ4v) is 1.63. The Kier molecular flexibility index (Phi) is 4.94. The Morgan fingerprint density at radius 3 is 2.12 bits per heavy atom. The average molecular weight is 258 g/mol. The van der Waals surface area contributed by atoms with Crippen LogP contribution in [0.5, 0.6) is 11.5 Å². The molecular weight excluding hydrogens is 238 g/mol. The van der Waals surface area contributed by atoms with E-state index in [1.54, 1.807) is 20.3 Å². The molecule has 0 radical (unpaired) electrons. The summed E-state index contributed by atoms with van der Waals surface area (Å²) in [5.74, 6) is 1.88. The highest BCUT2D eigenvalue weighted by Gasteiger charge is 2.13. The number of ether oxygens (including phenoxy) is 2. The van der Waals surface area contributed by atoms with Gasteiger partial charge in [-0.2, -0.15) is 0 Å². The maximum absolute atomic E-state index is 6.10. The predicted molar refractivity (Wildman–Crippen MR) is 72.5 cm³/mol. The Hall–Kier alpha value is -1.09. The maximum atomic E-state index is 6.10. The summed E-state index contributed by atoms with van der Waals surface area (Å²) in [5, 5.41) is 3.96. The van der Waals surface area contributed by atoms with Gasteiger partial charge in [0.2, 0.25) is 0 Å². The molecule has 1 N–H and O–H groups in total. The van der Waals surface area contributed by atoms with Crippen LogP contribution in [-0.2, 0) is 0 Å². The van der Waals surface area contributed by atoms with Crippen LogP contribution in [0.1, 0.15) is 20.8 Å². The van der Waals surface area contributed by atoms with Crippen LogP contribution < -0.4 is 14.8 Å². The Morgan fingerprint density at radius 2 is 1.65 bits per heavy atom. The number of rotatable bonds is 5. The fraction of sp³-hybridized carbons (Fsp3) is 0.538. The van der Waals surface area contributed by atoms with E-state index in [0.717, 1.165) is 11.4 Å². The van der Waals surface area contributed by atoms with Crippen molar-refractivity contribution >= 4 is 17.3 Å². The van der Waals surface area contributed by atoms with Crippen molar-refractivity contribution in [2.24, 2.45) is 5.92 Å². The third-order valence-electron chi connectivity index (χ3n) is 2.86. The van der Waals surface area contributed by atoms with E-state index in [2.05, 4.69) is 26.1 Å². The van der Waals surface area contributed by atoms with Crippen LogP contribution in [0.4, 0.5) is 5.69 Å². The average Bonchev–Trinajstić information content (AvgIpc) is 2.29. The molecule has 96 valence electrons. The summed E-state index contributed by atoms with van der Waals surface area (Å²) in [6, 6.07) is 3.96. The molecule has 0 saturated carbocycles. The SMILES string of the molecule is COc1cc(OC)c(NC(C)C(C)C)cc1Cl. The standard InChI is InChI=1S/C13H20ClNO2/c1-8(2)9(3)15-11-6-10(14)12(16-4)7-13(11)17-5/h6-9,15H,1-5H3. The van der Waals surface area contributed by atoms with Crippen LogP contribution in [0.15, 0.2) is 12.1 Å². The van der Waals surface area contributed by atoms with Crippen molar-refractivity contribution < 1.29 is 9.47 Å². The van der Waals surface area contributed by atoms with Crippen molar-refractivity contribution in [3.05, 3.63) is 17.2 Å². The first kappa shape index (κ1) is 14.0. The van der Waals surface area contributed by atoms with E-state index in [-0.39, 0.29) is 0 Å². The van der Waals surface area contributed by atoms with Crippen LogP contribution in [0.3, 0.4) is 0 Å². The summed E-state index contributed by atoms with van der Waals surface area (Å²) in [4.78, 5) is 0. The molecule has 4 heteroatoms. The Bertz CT molecular complexity index is 380. The van der Waals surface area contributed by atoms with E-state index in [0.29, 0.717) is 22.7 Å². The lowest BCUT2D eigenvalue weighted by atomic mass is 10.1. The highest BCUT2D eigenvalue weighted by Crippen LogP contribution is 2.36. The number of nitrogens with one attached hydrogen (secondary N) is 1. The molecule has 1 atom stereocenters. The first-order valence-electron chi connectivity index (χ1n) is 5.67. The van der Waals surface area contributed by atoms with Gasteiger partial charge in [0.25, 0.3) is 0 Å². The molecular formula is C13H20ClNO2. The monoisotopic (exact) mass is 257 g/mol. The normalized spacial score (nSPS) is 12.4. The summed E-state index contributed by atoms with van der Waals surface area (Å²) in [7, 11) is 3.22. The van der Waals surface area contributed by atoms with Gasteiger partial charge >= 0.3 is 0 Å². The Morgan fingerprint density at radius 1 is 1.06 bits per heavy atom. The van der Waals surface area contributed by atoms with Crippen molar-refractivity contribution in [1.29, 1.82) is 0 Å². The molecule has 0 aromatic heterocycles. The van der Waals surface area contributed by atoms with E-state index >= 15 is 0 Å². The third-order valence-corrected chi connectivity index (χ3v) is 3.15. The summed E-state index contributed by atoms with van der Waals surface area (Å²) in [6.45, 7) is 6.45. The van der Waals surface area contributed by atoms with Crippen LogP contribution >= 0.6 is 11.6 Å². The summed E-state index contributed by atoms with van der Waals surface area (Å²) >= 11 is 6.10. The van der Waals surface area contributed by atoms with Gasteiger partial charge in [0.15, 0.2) is 0 Å². The van der Waals surface area contributed by atoms with E-state index in [1.165, 1.54) is 0 Å². The molecule has 0 saturated heterocycles. The third kappa shape index (κ3) is 3.43. The molecule has 1 rings (SSSR count). The van der Waals surface area contributed by atoms with Crippen LogP contribution in [0, 0.1) is 5.92 Å². The number of anilines is 1. The zero-order valence-electron chi connectivity index (χ0n) is 11.0. The van der Waals surface area contributed by atoms with Crippen molar-refractivity contribution in [2.45, 2.75) is 26.8 Å². The first-order chi connectivity index (χ1) is 7.99. The van der Waals surface area contributed by atoms with E-state index in [4.69, 9.17) is 21.1 Å². The summed E-state index contributed by atoms with van der Waals surface area (Å²) in [6.07, 6.45) is 0. The Labute approximate surface area is 108 Å². The van der Waals surface area contributed by atoms with E-state index in [9.17, 15) is 0 Å². The number of benzene rings is 1. The van der Waals surface area contributed by atoms with Crippen molar-refractivity contribution in [2.75, 3.05) is 19.5 Å². The van der Waals surface area contributed by atoms with Crippen LogP contribution in [-0.4, -0.2) is 20.3 Å². The number of methoxy groups -OCH3 is 2. The van der Waals surface area contributed by atoms with Gasteiger partial charge in [0.05, 0.1) is 24.9 Å². The molecule has 0 aliphatic heterocycles. The number of hydrogen-bond acceptors (Lipinski definition) is 3. The molecule has 0 aliphatic rings. The van der Waals surface area contributed by atoms with Crippen molar-refractivity contribution in [3.8, 4) is 11.5 Å². The molecule has 1 aromatic rings. The quantitative estimate of drug-likeness (QED) is 0.870. The maximum Gasteiger partial charge on any atom is 0.145 e. The predicted octanol–water partition coefficient (Wildman–Crippen LogP) is 3.81. The minimum absolute atomic E-state index is 0.341. The van der Waals surface area contributed by atoms with Gasteiger partial charge < -0.3 is 14.8 Å². The van der Waals surface area contributed by atoms with E-state index < -0.39 is 0 Å². The first-order valence-corrected chi connectivity index (χ1v) is 6.05. The Balaban J connectivity index is 3.02. The zero-order valence-corrected chi connectivity index (χ0v) is 11.8. The number of halogens is 1.